The lowest BCUT2D eigenvalue weighted by atomic mass is 10.0. The van der Waals surface area contributed by atoms with Gasteiger partial charge in [0.1, 0.15) is 29.7 Å². The van der Waals surface area contributed by atoms with Crippen LogP contribution in [0, 0.1) is 0 Å². The van der Waals surface area contributed by atoms with E-state index in [2.05, 4.69) is 4.90 Å². The summed E-state index contributed by atoms with van der Waals surface area (Å²) in [5.41, 5.74) is 3.07. The number of ether oxygens (including phenoxy) is 4. The Bertz CT molecular complexity index is 1270. The van der Waals surface area contributed by atoms with Gasteiger partial charge in [0, 0.05) is 23.7 Å². The average molecular weight is 464 g/mol. The highest BCUT2D eigenvalue weighted by Gasteiger charge is 2.34. The number of hydrogen-bond donors (Lipinski definition) is 0. The Balaban J connectivity index is 1.45. The van der Waals surface area contributed by atoms with Gasteiger partial charge in [-0.25, -0.2) is 0 Å². The first-order valence-electron chi connectivity index (χ1n) is 10.5. The molecule has 0 atom stereocenters. The summed E-state index contributed by atoms with van der Waals surface area (Å²) < 4.78 is 22.8. The molecule has 0 N–H and O–H groups in total. The predicted molar refractivity (Wildman–Crippen MR) is 125 cm³/mol. The third-order valence-electron chi connectivity index (χ3n) is 5.76. The van der Waals surface area contributed by atoms with Gasteiger partial charge in [-0.1, -0.05) is 29.8 Å². The van der Waals surface area contributed by atoms with Crippen LogP contribution in [0.15, 0.2) is 60.4 Å². The normalized spacial score (nSPS) is 16.1. The molecule has 0 saturated carbocycles. The van der Waals surface area contributed by atoms with Gasteiger partial charge >= 0.3 is 0 Å². The number of Topliss-reactive ketones (excluding diaryl/α,β-unsaturated/α-hetero) is 1. The van der Waals surface area contributed by atoms with E-state index in [9.17, 15) is 4.79 Å². The minimum Gasteiger partial charge on any atom is -0.497 e. The Morgan fingerprint density at radius 1 is 1.09 bits per heavy atom. The van der Waals surface area contributed by atoms with Crippen molar-refractivity contribution < 1.29 is 23.7 Å². The lowest BCUT2D eigenvalue weighted by Crippen LogP contribution is -2.31. The number of carbonyl (C=O) groups excluding carboxylic acids is 1. The maximum atomic E-state index is 13.1. The van der Waals surface area contributed by atoms with Crippen molar-refractivity contribution in [3.05, 3.63) is 87.6 Å². The molecular weight excluding hydrogens is 442 g/mol. The Labute approximate surface area is 196 Å². The molecule has 0 saturated heterocycles. The zero-order valence-corrected chi connectivity index (χ0v) is 19.0. The minimum absolute atomic E-state index is 0.180. The zero-order chi connectivity index (χ0) is 22.9. The van der Waals surface area contributed by atoms with Crippen LogP contribution in [0.4, 0.5) is 0 Å². The van der Waals surface area contributed by atoms with E-state index in [-0.39, 0.29) is 11.5 Å². The fraction of sp³-hybridized carbons (Fsp3) is 0.192. The molecule has 2 aliphatic heterocycles. The largest absolute Gasteiger partial charge is 0.497 e. The highest BCUT2D eigenvalue weighted by atomic mass is 35.5. The molecule has 0 aromatic heterocycles. The third kappa shape index (κ3) is 4.03. The fourth-order valence-corrected chi connectivity index (χ4v) is 4.26. The topological polar surface area (TPSA) is 57.2 Å². The molecule has 3 aromatic rings. The summed E-state index contributed by atoms with van der Waals surface area (Å²) in [5.74, 6) is 2.58. The molecule has 0 fully saturated rings. The van der Waals surface area contributed by atoms with E-state index in [0.29, 0.717) is 53.2 Å². The first-order valence-corrected chi connectivity index (χ1v) is 10.9. The standard InChI is InChI=1S/C26H22ClNO5/c1-30-18-7-9-22(31-2)17(11-18)12-24-25(29)19-8-10-23-20(26(19)33-24)14-28(15-32-23)13-16-5-3-4-6-21(16)27/h3-12H,13-15H2,1-2H3/b24-12-. The van der Waals surface area contributed by atoms with Gasteiger partial charge in [-0.3, -0.25) is 9.69 Å². The number of fused-ring (bicyclic) bond motifs is 3. The van der Waals surface area contributed by atoms with Gasteiger partial charge in [0.05, 0.1) is 25.3 Å². The van der Waals surface area contributed by atoms with E-state index >= 15 is 0 Å². The third-order valence-corrected chi connectivity index (χ3v) is 6.13. The van der Waals surface area contributed by atoms with E-state index in [1.807, 2.05) is 30.3 Å². The van der Waals surface area contributed by atoms with Gasteiger partial charge < -0.3 is 18.9 Å². The average Bonchev–Trinajstić information content (AvgIpc) is 3.16. The van der Waals surface area contributed by atoms with Crippen LogP contribution in [-0.2, 0) is 13.1 Å². The van der Waals surface area contributed by atoms with Crippen molar-refractivity contribution in [2.45, 2.75) is 13.1 Å². The summed E-state index contributed by atoms with van der Waals surface area (Å²) >= 11 is 6.34. The van der Waals surface area contributed by atoms with Crippen LogP contribution in [0.25, 0.3) is 6.08 Å². The highest BCUT2D eigenvalue weighted by Crippen LogP contribution is 2.42. The second-order valence-electron chi connectivity index (χ2n) is 7.82. The molecule has 0 spiro atoms. The summed E-state index contributed by atoms with van der Waals surface area (Å²) in [4.78, 5) is 15.2. The smallest absolute Gasteiger partial charge is 0.231 e. The van der Waals surface area contributed by atoms with Crippen molar-refractivity contribution in [1.29, 1.82) is 0 Å². The number of halogens is 1. The number of nitrogens with zero attached hydrogens (tertiary/aromatic N) is 1. The Hall–Kier alpha value is -3.48. The molecule has 0 amide bonds. The zero-order valence-electron chi connectivity index (χ0n) is 18.3. The van der Waals surface area contributed by atoms with Crippen LogP contribution in [0.5, 0.6) is 23.0 Å². The number of carbonyl (C=O) groups is 1. The van der Waals surface area contributed by atoms with Gasteiger partial charge in [-0.2, -0.15) is 0 Å². The molecule has 0 aliphatic carbocycles. The number of methoxy groups -OCH3 is 2. The minimum atomic E-state index is -0.180. The van der Waals surface area contributed by atoms with Crippen molar-refractivity contribution in [3.63, 3.8) is 0 Å². The Kier molecular flexibility index (Phi) is 5.70. The summed E-state index contributed by atoms with van der Waals surface area (Å²) in [7, 11) is 3.17. The number of benzene rings is 3. The van der Waals surface area contributed by atoms with Gasteiger partial charge in [0.15, 0.2) is 5.76 Å². The van der Waals surface area contributed by atoms with E-state index in [1.165, 1.54) is 0 Å². The highest BCUT2D eigenvalue weighted by molar-refractivity contribution is 6.31. The first-order chi connectivity index (χ1) is 16.1. The molecule has 6 nitrogen and oxygen atoms in total. The fourth-order valence-electron chi connectivity index (χ4n) is 4.07. The SMILES string of the molecule is COc1ccc(OC)c(/C=C2\Oc3c(ccc4c3CN(Cc3ccccc3Cl)CO4)C2=O)c1. The second kappa shape index (κ2) is 8.81. The van der Waals surface area contributed by atoms with Crippen molar-refractivity contribution in [1.82, 2.24) is 4.90 Å². The van der Waals surface area contributed by atoms with Crippen molar-refractivity contribution in [2.75, 3.05) is 21.0 Å². The molecule has 0 radical (unpaired) electrons. The molecule has 3 aromatic carbocycles. The number of allylic oxidation sites excluding steroid dienone is 1. The van der Waals surface area contributed by atoms with Gasteiger partial charge in [0.2, 0.25) is 5.78 Å². The molecule has 5 rings (SSSR count). The maximum absolute atomic E-state index is 13.1. The van der Waals surface area contributed by atoms with Crippen LogP contribution >= 0.6 is 11.6 Å². The monoisotopic (exact) mass is 463 g/mol. The van der Waals surface area contributed by atoms with E-state index < -0.39 is 0 Å². The Morgan fingerprint density at radius 3 is 2.73 bits per heavy atom. The Morgan fingerprint density at radius 2 is 1.94 bits per heavy atom. The number of hydrogen-bond acceptors (Lipinski definition) is 6. The van der Waals surface area contributed by atoms with Gasteiger partial charge in [-0.15, -0.1) is 0 Å². The molecule has 168 valence electrons. The van der Waals surface area contributed by atoms with E-state index in [0.717, 1.165) is 16.9 Å². The summed E-state index contributed by atoms with van der Waals surface area (Å²) in [5, 5.41) is 0.713. The van der Waals surface area contributed by atoms with Gasteiger partial charge in [0.25, 0.3) is 0 Å². The molecule has 0 bridgehead atoms. The quantitative estimate of drug-likeness (QED) is 0.477. The van der Waals surface area contributed by atoms with Crippen molar-refractivity contribution >= 4 is 23.5 Å². The maximum Gasteiger partial charge on any atom is 0.231 e. The molecule has 2 aliphatic rings. The van der Waals surface area contributed by atoms with Crippen LogP contribution < -0.4 is 18.9 Å². The first kappa shape index (κ1) is 21.4. The van der Waals surface area contributed by atoms with Crippen molar-refractivity contribution in [2.24, 2.45) is 0 Å². The van der Waals surface area contributed by atoms with Crippen LogP contribution in [0.2, 0.25) is 5.02 Å². The lowest BCUT2D eigenvalue weighted by molar-refractivity contribution is 0.0873. The van der Waals surface area contributed by atoms with Crippen LogP contribution in [-0.4, -0.2) is 31.6 Å². The summed E-state index contributed by atoms with van der Waals surface area (Å²) in [6.45, 7) is 1.63. The van der Waals surface area contributed by atoms with E-state index in [1.54, 1.807) is 44.6 Å². The van der Waals surface area contributed by atoms with Crippen LogP contribution in [0.1, 0.15) is 27.0 Å². The number of ketones is 1. The predicted octanol–water partition coefficient (Wildman–Crippen LogP) is 5.33. The molecule has 7 heteroatoms. The molecule has 0 unspecified atom stereocenters. The number of rotatable bonds is 5. The van der Waals surface area contributed by atoms with E-state index in [4.69, 9.17) is 30.5 Å². The van der Waals surface area contributed by atoms with Crippen LogP contribution in [0.3, 0.4) is 0 Å². The van der Waals surface area contributed by atoms with Gasteiger partial charge in [-0.05, 0) is 48.0 Å². The lowest BCUT2D eigenvalue weighted by Gasteiger charge is -2.30. The molecule has 33 heavy (non-hydrogen) atoms. The summed E-state index contributed by atoms with van der Waals surface area (Å²) in [6.07, 6.45) is 1.68. The summed E-state index contributed by atoms with van der Waals surface area (Å²) in [6, 6.07) is 16.7. The molecular formula is C26H22ClNO5. The molecule has 2 heterocycles. The van der Waals surface area contributed by atoms with Crippen molar-refractivity contribution in [3.8, 4) is 23.0 Å². The second-order valence-corrected chi connectivity index (χ2v) is 8.23.